The molecule has 0 radical (unpaired) electrons. The van der Waals surface area contributed by atoms with E-state index in [-0.39, 0.29) is 17.2 Å². The molecule has 18 heavy (non-hydrogen) atoms. The van der Waals surface area contributed by atoms with Crippen molar-refractivity contribution >= 4 is 34.9 Å². The van der Waals surface area contributed by atoms with Crippen molar-refractivity contribution in [2.24, 2.45) is 5.92 Å². The smallest absolute Gasteiger partial charge is 0.165 e. The number of hydrogen-bond donors (Lipinski definition) is 1. The normalized spacial score (nSPS) is 11.6. The number of benzene rings is 1. The summed E-state index contributed by atoms with van der Waals surface area (Å²) in [6.07, 6.45) is 0. The number of nitrogens with zero attached hydrogens (tertiary/aromatic N) is 1. The fraction of sp³-hybridized carbons (Fsp3) is 0.308. The average molecular weight is 281 g/mol. The van der Waals surface area contributed by atoms with Crippen LogP contribution in [0.3, 0.4) is 0 Å². The lowest BCUT2D eigenvalue weighted by Gasteiger charge is -2.06. The van der Waals surface area contributed by atoms with E-state index in [0.29, 0.717) is 10.8 Å². The molecule has 0 saturated carbocycles. The molecule has 1 N–H and O–H groups in total. The van der Waals surface area contributed by atoms with E-state index in [1.807, 2.05) is 18.2 Å². The maximum atomic E-state index is 11.7. The standard InChI is InChI=1S/C13H13ClN2OS/c1-9(16)12(6-15)13(17)8-18-7-10-2-4-11(14)5-3-10/h2-5,12,16H,7-8H2,1H3. The molecule has 0 aliphatic rings. The van der Waals surface area contributed by atoms with Crippen molar-refractivity contribution in [3.8, 4) is 6.07 Å². The number of nitriles is 1. The molecular formula is C13H13ClN2OS. The molecule has 0 bridgehead atoms. The maximum Gasteiger partial charge on any atom is 0.165 e. The second kappa shape index (κ2) is 7.20. The molecule has 0 amide bonds. The molecule has 1 unspecified atom stereocenters. The minimum absolute atomic E-state index is 0.106. The quantitative estimate of drug-likeness (QED) is 0.813. The minimum atomic E-state index is -0.900. The number of Topliss-reactive ketones (excluding diaryl/α,β-unsaturated/α-hetero) is 1. The highest BCUT2D eigenvalue weighted by molar-refractivity contribution is 7.99. The third kappa shape index (κ3) is 4.52. The van der Waals surface area contributed by atoms with Crippen LogP contribution in [0.4, 0.5) is 0 Å². The van der Waals surface area contributed by atoms with Crippen molar-refractivity contribution in [2.45, 2.75) is 12.7 Å². The first-order chi connectivity index (χ1) is 8.54. The molecule has 1 aromatic carbocycles. The van der Waals surface area contributed by atoms with Crippen LogP contribution in [0.5, 0.6) is 0 Å². The van der Waals surface area contributed by atoms with Crippen molar-refractivity contribution < 1.29 is 4.79 Å². The van der Waals surface area contributed by atoms with Gasteiger partial charge in [0.15, 0.2) is 5.78 Å². The van der Waals surface area contributed by atoms with Crippen LogP contribution >= 0.6 is 23.4 Å². The number of carbonyl (C=O) groups is 1. The molecule has 0 fully saturated rings. The number of nitrogens with one attached hydrogen (secondary N) is 1. The number of halogens is 1. The Bertz CT molecular complexity index is 479. The van der Waals surface area contributed by atoms with Gasteiger partial charge in [0.1, 0.15) is 5.92 Å². The molecule has 0 heterocycles. The van der Waals surface area contributed by atoms with Crippen LogP contribution < -0.4 is 0 Å². The second-order valence-corrected chi connectivity index (χ2v) is 5.25. The first kappa shape index (κ1) is 14.7. The van der Waals surface area contributed by atoms with Crippen molar-refractivity contribution in [3.05, 3.63) is 34.9 Å². The zero-order valence-electron chi connectivity index (χ0n) is 9.94. The minimum Gasteiger partial charge on any atom is -0.308 e. The van der Waals surface area contributed by atoms with Gasteiger partial charge in [0.2, 0.25) is 0 Å². The largest absolute Gasteiger partial charge is 0.308 e. The molecule has 0 saturated heterocycles. The van der Waals surface area contributed by atoms with Gasteiger partial charge in [0, 0.05) is 16.5 Å². The van der Waals surface area contributed by atoms with Crippen LogP contribution in [0.1, 0.15) is 12.5 Å². The number of ketones is 1. The van der Waals surface area contributed by atoms with Crippen molar-refractivity contribution in [2.75, 3.05) is 5.75 Å². The van der Waals surface area contributed by atoms with E-state index in [1.165, 1.54) is 18.7 Å². The molecule has 0 aromatic heterocycles. The van der Waals surface area contributed by atoms with Gasteiger partial charge >= 0.3 is 0 Å². The van der Waals surface area contributed by atoms with Gasteiger partial charge in [-0.3, -0.25) is 4.79 Å². The van der Waals surface area contributed by atoms with Crippen LogP contribution in [0.25, 0.3) is 0 Å². The average Bonchev–Trinajstić information content (AvgIpc) is 2.32. The van der Waals surface area contributed by atoms with Crippen LogP contribution in [0.15, 0.2) is 24.3 Å². The third-order valence-corrected chi connectivity index (χ3v) is 3.59. The lowest BCUT2D eigenvalue weighted by atomic mass is 10.0. The number of carbonyl (C=O) groups excluding carboxylic acids is 1. The van der Waals surface area contributed by atoms with E-state index in [2.05, 4.69) is 0 Å². The van der Waals surface area contributed by atoms with Gasteiger partial charge in [-0.15, -0.1) is 11.8 Å². The fourth-order valence-electron chi connectivity index (χ4n) is 1.34. The van der Waals surface area contributed by atoms with E-state index >= 15 is 0 Å². The Hall–Kier alpha value is -1.31. The number of rotatable bonds is 6. The van der Waals surface area contributed by atoms with Crippen LogP contribution in [0.2, 0.25) is 5.02 Å². The molecule has 0 aliphatic heterocycles. The lowest BCUT2D eigenvalue weighted by molar-refractivity contribution is -0.117. The fourth-order valence-corrected chi connectivity index (χ4v) is 2.37. The molecule has 1 atom stereocenters. The van der Waals surface area contributed by atoms with Crippen LogP contribution in [-0.4, -0.2) is 17.2 Å². The second-order valence-electron chi connectivity index (χ2n) is 3.83. The highest BCUT2D eigenvalue weighted by Gasteiger charge is 2.19. The lowest BCUT2D eigenvalue weighted by Crippen LogP contribution is -2.21. The van der Waals surface area contributed by atoms with Gasteiger partial charge in [0.05, 0.1) is 11.8 Å². The zero-order valence-corrected chi connectivity index (χ0v) is 11.5. The van der Waals surface area contributed by atoms with Gasteiger partial charge < -0.3 is 5.41 Å². The Morgan fingerprint density at radius 1 is 1.50 bits per heavy atom. The molecule has 0 aliphatic carbocycles. The molecular weight excluding hydrogens is 268 g/mol. The Balaban J connectivity index is 2.42. The van der Waals surface area contributed by atoms with Gasteiger partial charge in [-0.05, 0) is 24.6 Å². The topological polar surface area (TPSA) is 64.7 Å². The Morgan fingerprint density at radius 2 is 2.11 bits per heavy atom. The molecule has 5 heteroatoms. The molecule has 0 spiro atoms. The van der Waals surface area contributed by atoms with Gasteiger partial charge in [-0.2, -0.15) is 5.26 Å². The molecule has 1 aromatic rings. The molecule has 1 rings (SSSR count). The highest BCUT2D eigenvalue weighted by atomic mass is 35.5. The van der Waals surface area contributed by atoms with E-state index in [4.69, 9.17) is 22.3 Å². The summed E-state index contributed by atoms with van der Waals surface area (Å²) < 4.78 is 0. The Kier molecular flexibility index (Phi) is 5.90. The van der Waals surface area contributed by atoms with E-state index in [9.17, 15) is 4.79 Å². The summed E-state index contributed by atoms with van der Waals surface area (Å²) >= 11 is 7.21. The monoisotopic (exact) mass is 280 g/mol. The third-order valence-electron chi connectivity index (χ3n) is 2.31. The summed E-state index contributed by atoms with van der Waals surface area (Å²) in [6, 6.07) is 9.27. The molecule has 94 valence electrons. The van der Waals surface area contributed by atoms with E-state index in [1.54, 1.807) is 12.1 Å². The Labute approximate surface area is 116 Å². The summed E-state index contributed by atoms with van der Waals surface area (Å²) in [5, 5.41) is 16.8. The highest BCUT2D eigenvalue weighted by Crippen LogP contribution is 2.16. The van der Waals surface area contributed by atoms with E-state index < -0.39 is 5.92 Å². The number of hydrogen-bond acceptors (Lipinski definition) is 4. The van der Waals surface area contributed by atoms with Crippen LogP contribution in [-0.2, 0) is 10.5 Å². The molecule has 3 nitrogen and oxygen atoms in total. The van der Waals surface area contributed by atoms with Crippen molar-refractivity contribution in [1.82, 2.24) is 0 Å². The predicted molar refractivity (Wildman–Crippen MR) is 75.1 cm³/mol. The summed E-state index contributed by atoms with van der Waals surface area (Å²) in [6.45, 7) is 1.48. The van der Waals surface area contributed by atoms with Gasteiger partial charge in [0.25, 0.3) is 0 Å². The van der Waals surface area contributed by atoms with Crippen molar-refractivity contribution in [3.63, 3.8) is 0 Å². The van der Waals surface area contributed by atoms with Crippen LogP contribution in [0, 0.1) is 22.7 Å². The predicted octanol–water partition coefficient (Wildman–Crippen LogP) is 3.32. The van der Waals surface area contributed by atoms with Gasteiger partial charge in [-0.25, -0.2) is 0 Å². The summed E-state index contributed by atoms with van der Waals surface area (Å²) in [5.41, 5.74) is 1.19. The van der Waals surface area contributed by atoms with Crippen molar-refractivity contribution in [1.29, 1.82) is 10.7 Å². The van der Waals surface area contributed by atoms with E-state index in [0.717, 1.165) is 5.56 Å². The number of thioether (sulfide) groups is 1. The SMILES string of the molecule is CC(=N)C(C#N)C(=O)CSCc1ccc(Cl)cc1. The zero-order chi connectivity index (χ0) is 13.5. The summed E-state index contributed by atoms with van der Waals surface area (Å²) in [7, 11) is 0. The summed E-state index contributed by atoms with van der Waals surface area (Å²) in [5.74, 6) is -0.165. The maximum absolute atomic E-state index is 11.7. The summed E-state index contributed by atoms with van der Waals surface area (Å²) in [4.78, 5) is 11.7. The van der Waals surface area contributed by atoms with Gasteiger partial charge in [-0.1, -0.05) is 23.7 Å². The first-order valence-electron chi connectivity index (χ1n) is 5.34. The Morgan fingerprint density at radius 3 is 2.61 bits per heavy atom. The first-order valence-corrected chi connectivity index (χ1v) is 6.87.